The molecule has 0 saturated heterocycles. The lowest BCUT2D eigenvalue weighted by Gasteiger charge is -2.18. The van der Waals surface area contributed by atoms with Gasteiger partial charge < -0.3 is 9.84 Å². The maximum Gasteiger partial charge on any atom is 0.130 e. The van der Waals surface area contributed by atoms with E-state index in [2.05, 4.69) is 15.9 Å². The van der Waals surface area contributed by atoms with Crippen LogP contribution in [0, 0.1) is 5.82 Å². The Morgan fingerprint density at radius 2 is 2.10 bits per heavy atom. The second-order valence-electron chi connectivity index (χ2n) is 4.15. The van der Waals surface area contributed by atoms with E-state index in [1.54, 1.807) is 24.3 Å². The van der Waals surface area contributed by atoms with Crippen molar-refractivity contribution in [1.29, 1.82) is 0 Å². The molecule has 106 valence electrons. The van der Waals surface area contributed by atoms with Crippen molar-refractivity contribution in [3.63, 3.8) is 0 Å². The molecule has 0 aromatic heterocycles. The van der Waals surface area contributed by atoms with Gasteiger partial charge in [-0.05, 0) is 37.3 Å². The molecule has 0 radical (unpaired) electrons. The van der Waals surface area contributed by atoms with Crippen LogP contribution >= 0.6 is 27.5 Å². The highest BCUT2D eigenvalue weighted by molar-refractivity contribution is 9.10. The van der Waals surface area contributed by atoms with Crippen molar-refractivity contribution >= 4 is 27.5 Å². The first kappa shape index (κ1) is 15.3. The molecule has 0 fully saturated rings. The van der Waals surface area contributed by atoms with Gasteiger partial charge in [0.1, 0.15) is 17.7 Å². The predicted octanol–water partition coefficient (Wildman–Crippen LogP) is 4.72. The Morgan fingerprint density at radius 3 is 2.75 bits per heavy atom. The highest BCUT2D eigenvalue weighted by Crippen LogP contribution is 2.36. The molecule has 2 aromatic carbocycles. The molecule has 0 heterocycles. The lowest BCUT2D eigenvalue weighted by Crippen LogP contribution is -2.06. The van der Waals surface area contributed by atoms with Gasteiger partial charge in [0, 0.05) is 20.6 Å². The van der Waals surface area contributed by atoms with Crippen LogP contribution in [0.3, 0.4) is 0 Å². The van der Waals surface area contributed by atoms with Crippen LogP contribution in [-0.4, -0.2) is 11.7 Å². The smallest absolute Gasteiger partial charge is 0.130 e. The average Bonchev–Trinajstić information content (AvgIpc) is 2.40. The fraction of sp³-hybridized carbons (Fsp3) is 0.200. The van der Waals surface area contributed by atoms with Crippen molar-refractivity contribution in [2.45, 2.75) is 13.0 Å². The zero-order valence-electron chi connectivity index (χ0n) is 10.7. The average molecular weight is 360 g/mol. The number of rotatable bonds is 4. The molecular formula is C15H13BrClFO2. The van der Waals surface area contributed by atoms with E-state index in [0.29, 0.717) is 17.9 Å². The lowest BCUT2D eigenvalue weighted by atomic mass is 10.00. The maximum absolute atomic E-state index is 13.9. The van der Waals surface area contributed by atoms with Crippen LogP contribution in [0.5, 0.6) is 5.75 Å². The van der Waals surface area contributed by atoms with E-state index in [1.165, 1.54) is 12.1 Å². The fourth-order valence-electron chi connectivity index (χ4n) is 1.95. The number of ether oxygens (including phenoxy) is 1. The Hall–Kier alpha value is -1.10. The van der Waals surface area contributed by atoms with E-state index in [0.717, 1.165) is 4.47 Å². The van der Waals surface area contributed by atoms with E-state index in [4.69, 9.17) is 16.3 Å². The summed E-state index contributed by atoms with van der Waals surface area (Å²) in [5, 5.41) is 10.6. The molecule has 2 nitrogen and oxygen atoms in total. The van der Waals surface area contributed by atoms with E-state index in [1.807, 2.05) is 6.92 Å². The molecule has 0 spiro atoms. The summed E-state index contributed by atoms with van der Waals surface area (Å²) >= 11 is 9.32. The Morgan fingerprint density at radius 1 is 1.35 bits per heavy atom. The second-order valence-corrected chi connectivity index (χ2v) is 5.48. The van der Waals surface area contributed by atoms with Gasteiger partial charge in [-0.3, -0.25) is 0 Å². The topological polar surface area (TPSA) is 29.5 Å². The molecule has 2 aromatic rings. The van der Waals surface area contributed by atoms with Crippen molar-refractivity contribution in [2.24, 2.45) is 0 Å². The Bertz CT molecular complexity index is 599. The summed E-state index contributed by atoms with van der Waals surface area (Å²) in [5.41, 5.74) is 0.515. The van der Waals surface area contributed by atoms with Gasteiger partial charge in [0.25, 0.3) is 0 Å². The molecular weight excluding hydrogens is 347 g/mol. The minimum atomic E-state index is -1.19. The van der Waals surface area contributed by atoms with Crippen molar-refractivity contribution < 1.29 is 14.2 Å². The molecule has 0 amide bonds. The van der Waals surface area contributed by atoms with Crippen LogP contribution in [0.25, 0.3) is 0 Å². The molecule has 2 rings (SSSR count). The number of hydrogen-bond donors (Lipinski definition) is 1. The first-order valence-corrected chi connectivity index (χ1v) is 7.26. The molecule has 0 aliphatic heterocycles. The molecule has 1 atom stereocenters. The predicted molar refractivity (Wildman–Crippen MR) is 80.8 cm³/mol. The van der Waals surface area contributed by atoms with Crippen LogP contribution in [0.2, 0.25) is 5.02 Å². The summed E-state index contributed by atoms with van der Waals surface area (Å²) in [4.78, 5) is 0. The summed E-state index contributed by atoms with van der Waals surface area (Å²) in [5.74, 6) is -0.0463. The molecule has 0 bridgehead atoms. The van der Waals surface area contributed by atoms with Gasteiger partial charge in [-0.2, -0.15) is 0 Å². The zero-order valence-corrected chi connectivity index (χ0v) is 13.1. The third-order valence-corrected chi connectivity index (χ3v) is 3.66. The summed E-state index contributed by atoms with van der Waals surface area (Å²) in [6, 6.07) is 9.52. The van der Waals surface area contributed by atoms with Gasteiger partial charge in [-0.25, -0.2) is 4.39 Å². The lowest BCUT2D eigenvalue weighted by molar-refractivity contribution is 0.207. The van der Waals surface area contributed by atoms with Crippen molar-refractivity contribution in [1.82, 2.24) is 0 Å². The fourth-order valence-corrected chi connectivity index (χ4v) is 2.59. The quantitative estimate of drug-likeness (QED) is 0.856. The zero-order chi connectivity index (χ0) is 14.7. The Balaban J connectivity index is 2.52. The van der Waals surface area contributed by atoms with Gasteiger partial charge in [0.05, 0.1) is 6.61 Å². The number of aliphatic hydroxyl groups is 1. The molecule has 0 aliphatic carbocycles. The maximum atomic E-state index is 13.9. The number of halogens is 3. The van der Waals surface area contributed by atoms with E-state index in [9.17, 15) is 9.50 Å². The van der Waals surface area contributed by atoms with Gasteiger partial charge in [-0.15, -0.1) is 0 Å². The van der Waals surface area contributed by atoms with Crippen molar-refractivity contribution in [3.05, 3.63) is 62.8 Å². The van der Waals surface area contributed by atoms with Crippen LogP contribution in [0.4, 0.5) is 4.39 Å². The highest BCUT2D eigenvalue weighted by atomic mass is 79.9. The minimum Gasteiger partial charge on any atom is -0.493 e. The van der Waals surface area contributed by atoms with Crippen LogP contribution < -0.4 is 4.74 Å². The van der Waals surface area contributed by atoms with Crippen LogP contribution in [-0.2, 0) is 0 Å². The first-order valence-electron chi connectivity index (χ1n) is 6.08. The first-order chi connectivity index (χ1) is 9.54. The van der Waals surface area contributed by atoms with Gasteiger partial charge >= 0.3 is 0 Å². The Labute approximate surface area is 130 Å². The monoisotopic (exact) mass is 358 g/mol. The molecule has 0 saturated carbocycles. The molecule has 1 N–H and O–H groups in total. The third-order valence-electron chi connectivity index (χ3n) is 2.84. The molecule has 1 unspecified atom stereocenters. The SMILES string of the molecule is CCOc1ccc(Br)cc1C(O)c1c(F)cccc1Cl. The molecule has 5 heteroatoms. The van der Waals surface area contributed by atoms with Gasteiger partial charge in [-0.1, -0.05) is 33.6 Å². The molecule has 0 aliphatic rings. The number of benzene rings is 2. The Kier molecular flexibility index (Phi) is 5.02. The van der Waals surface area contributed by atoms with Crippen molar-refractivity contribution in [2.75, 3.05) is 6.61 Å². The van der Waals surface area contributed by atoms with E-state index >= 15 is 0 Å². The van der Waals surface area contributed by atoms with Gasteiger partial charge in [0.2, 0.25) is 0 Å². The molecule has 20 heavy (non-hydrogen) atoms. The summed E-state index contributed by atoms with van der Waals surface area (Å²) < 4.78 is 20.1. The largest absolute Gasteiger partial charge is 0.493 e. The third kappa shape index (κ3) is 3.14. The number of aliphatic hydroxyl groups excluding tert-OH is 1. The van der Waals surface area contributed by atoms with E-state index in [-0.39, 0.29) is 10.6 Å². The van der Waals surface area contributed by atoms with Gasteiger partial charge in [0.15, 0.2) is 0 Å². The summed E-state index contributed by atoms with van der Waals surface area (Å²) in [6.07, 6.45) is -1.19. The summed E-state index contributed by atoms with van der Waals surface area (Å²) in [7, 11) is 0. The van der Waals surface area contributed by atoms with Crippen LogP contribution in [0.1, 0.15) is 24.2 Å². The van der Waals surface area contributed by atoms with Crippen molar-refractivity contribution in [3.8, 4) is 5.75 Å². The van der Waals surface area contributed by atoms with E-state index < -0.39 is 11.9 Å². The normalized spacial score (nSPS) is 12.2. The highest BCUT2D eigenvalue weighted by Gasteiger charge is 2.22. The minimum absolute atomic E-state index is 0.0493. The van der Waals surface area contributed by atoms with Crippen LogP contribution in [0.15, 0.2) is 40.9 Å². The standard InChI is InChI=1S/C15H13BrClFO2/c1-2-20-13-7-6-9(16)8-10(13)15(19)14-11(17)4-3-5-12(14)18/h3-8,15,19H,2H2,1H3. The summed E-state index contributed by atoms with van der Waals surface area (Å²) in [6.45, 7) is 2.29. The second kappa shape index (κ2) is 6.57. The number of hydrogen-bond acceptors (Lipinski definition) is 2.